The van der Waals surface area contributed by atoms with E-state index < -0.39 is 16.3 Å². The van der Waals surface area contributed by atoms with Crippen molar-refractivity contribution in [2.24, 2.45) is 0 Å². The zero-order valence-electron chi connectivity index (χ0n) is 23.5. The van der Waals surface area contributed by atoms with Crippen LogP contribution in [0.5, 0.6) is 11.5 Å². The largest absolute Gasteiger partial charge is 2.00 e. The van der Waals surface area contributed by atoms with E-state index in [0.717, 1.165) is 26.1 Å². The van der Waals surface area contributed by atoms with Crippen LogP contribution in [0.25, 0.3) is 0 Å². The summed E-state index contributed by atoms with van der Waals surface area (Å²) in [6, 6.07) is 58.5. The van der Waals surface area contributed by atoms with Crippen LogP contribution in [0.4, 0.5) is 0 Å². The van der Waals surface area contributed by atoms with Crippen LogP contribution < -0.4 is 30.3 Å². The summed E-state index contributed by atoms with van der Waals surface area (Å²) in [6.45, 7) is 2.05. The van der Waals surface area contributed by atoms with Crippen molar-refractivity contribution >= 4 is 50.1 Å². The minimum absolute atomic E-state index is 0. The maximum atomic E-state index is 6.56. The van der Waals surface area contributed by atoms with E-state index in [1.807, 2.05) is 115 Å². The Bertz CT molecular complexity index is 1440. The van der Waals surface area contributed by atoms with E-state index in [9.17, 15) is 0 Å². The molecule has 0 unspecified atom stereocenters. The third-order valence-electron chi connectivity index (χ3n) is 6.10. The fourth-order valence-electron chi connectivity index (χ4n) is 4.03. The summed E-state index contributed by atoms with van der Waals surface area (Å²) in [4.78, 5) is 0.913. The molecule has 0 saturated heterocycles. The first-order chi connectivity index (χ1) is 20.7. The molecule has 6 aromatic rings. The molecule has 0 spiro atoms. The van der Waals surface area contributed by atoms with Gasteiger partial charge in [0.2, 0.25) is 0 Å². The molecule has 6 heteroatoms. The standard InChI is InChI=1S/C30H23O2P2.C7H8S.Ni/c1-5-16-27(17-6-1)33(28-18-7-2-8-19-28)31-25-14-13-15-26(24-25)32-34(29-20-9-3-10-21-29)30-22-11-4-12-23-30;1-6-2-4-7(8)5-3-6;/h1-23H;2-5,8H,1H3;/q-1;;+2/p-1. The fraction of sp³-hybridized carbons (Fsp3) is 0.0270. The van der Waals surface area contributed by atoms with Crippen LogP contribution in [0.3, 0.4) is 0 Å². The Balaban J connectivity index is 0.000000409. The molecule has 6 aromatic carbocycles. The van der Waals surface area contributed by atoms with Crippen molar-refractivity contribution < 1.29 is 25.5 Å². The van der Waals surface area contributed by atoms with Gasteiger partial charge in [0, 0.05) is 32.7 Å². The van der Waals surface area contributed by atoms with Crippen LogP contribution in [0.1, 0.15) is 5.56 Å². The molecule has 43 heavy (non-hydrogen) atoms. The maximum absolute atomic E-state index is 6.56. The van der Waals surface area contributed by atoms with Gasteiger partial charge in [-0.2, -0.15) is 11.0 Å². The van der Waals surface area contributed by atoms with E-state index in [2.05, 4.69) is 61.5 Å². The van der Waals surface area contributed by atoms with E-state index in [4.69, 9.17) is 21.7 Å². The zero-order chi connectivity index (χ0) is 29.0. The molecule has 2 nitrogen and oxygen atoms in total. The van der Waals surface area contributed by atoms with Crippen LogP contribution in [0.2, 0.25) is 0 Å². The van der Waals surface area contributed by atoms with Crippen molar-refractivity contribution in [2.75, 3.05) is 0 Å². The normalized spacial score (nSPS) is 10.3. The van der Waals surface area contributed by atoms with Gasteiger partial charge in [-0.15, -0.1) is 12.1 Å². The third kappa shape index (κ3) is 9.75. The second kappa shape index (κ2) is 17.0. The average molecular weight is 659 g/mol. The molecule has 0 fully saturated rings. The van der Waals surface area contributed by atoms with Gasteiger partial charge in [0.25, 0.3) is 0 Å². The molecule has 0 heterocycles. The van der Waals surface area contributed by atoms with E-state index in [1.165, 1.54) is 5.56 Å². The molecule has 0 saturated carbocycles. The van der Waals surface area contributed by atoms with E-state index in [0.29, 0.717) is 11.5 Å². The van der Waals surface area contributed by atoms with Gasteiger partial charge in [-0.05, 0) is 6.92 Å². The molecule has 0 bridgehead atoms. The fourth-order valence-corrected chi connectivity index (χ4v) is 7.56. The maximum Gasteiger partial charge on any atom is 2.00 e. The van der Waals surface area contributed by atoms with Crippen molar-refractivity contribution in [1.82, 2.24) is 0 Å². The predicted octanol–water partition coefficient (Wildman–Crippen LogP) is 8.24. The van der Waals surface area contributed by atoms with E-state index in [1.54, 1.807) is 0 Å². The Hall–Kier alpha value is -3.51. The van der Waals surface area contributed by atoms with Gasteiger partial charge in [-0.1, -0.05) is 157 Å². The Morgan fingerprint density at radius 2 is 0.767 bits per heavy atom. The summed E-state index contributed by atoms with van der Waals surface area (Å²) in [6.07, 6.45) is 0. The summed E-state index contributed by atoms with van der Waals surface area (Å²) in [5, 5.41) is 4.61. The molecule has 6 rings (SSSR count). The Morgan fingerprint density at radius 1 is 0.442 bits per heavy atom. The van der Waals surface area contributed by atoms with Gasteiger partial charge in [-0.25, -0.2) is 0 Å². The second-order valence-electron chi connectivity index (χ2n) is 9.31. The zero-order valence-corrected chi connectivity index (χ0v) is 27.1. The van der Waals surface area contributed by atoms with Crippen molar-refractivity contribution in [1.29, 1.82) is 0 Å². The van der Waals surface area contributed by atoms with Crippen molar-refractivity contribution in [3.63, 3.8) is 0 Å². The summed E-state index contributed by atoms with van der Waals surface area (Å²) >= 11 is 4.87. The van der Waals surface area contributed by atoms with Crippen molar-refractivity contribution in [3.05, 3.63) is 175 Å². The molecular weight excluding hydrogens is 629 g/mol. The Kier molecular flexibility index (Phi) is 12.8. The Morgan fingerprint density at radius 3 is 1.07 bits per heavy atom. The molecule has 0 aromatic heterocycles. The summed E-state index contributed by atoms with van der Waals surface area (Å²) in [5.74, 6) is 1.35. The molecule has 0 N–H and O–H groups in total. The molecule has 0 amide bonds. The van der Waals surface area contributed by atoms with Crippen LogP contribution in [-0.2, 0) is 29.1 Å². The number of benzene rings is 6. The molecule has 0 atom stereocenters. The average Bonchev–Trinajstić information content (AvgIpc) is 3.06. The summed E-state index contributed by atoms with van der Waals surface area (Å²) in [5.41, 5.74) is 1.26. The van der Waals surface area contributed by atoms with E-state index in [-0.39, 0.29) is 16.5 Å². The minimum Gasteiger partial charge on any atom is -0.780 e. The number of hydrogen-bond acceptors (Lipinski definition) is 3. The van der Waals surface area contributed by atoms with Crippen LogP contribution in [0, 0.1) is 13.0 Å². The molecule has 0 radical (unpaired) electrons. The predicted molar refractivity (Wildman–Crippen MR) is 181 cm³/mol. The molecular formula is C37H30NiO2P2S. The van der Waals surface area contributed by atoms with Crippen LogP contribution in [0.15, 0.2) is 169 Å². The van der Waals surface area contributed by atoms with Crippen molar-refractivity contribution in [3.8, 4) is 11.5 Å². The van der Waals surface area contributed by atoms with Crippen LogP contribution >= 0.6 is 16.3 Å². The van der Waals surface area contributed by atoms with Gasteiger partial charge >= 0.3 is 16.5 Å². The first-order valence-electron chi connectivity index (χ1n) is 13.6. The van der Waals surface area contributed by atoms with E-state index >= 15 is 0 Å². The smallest absolute Gasteiger partial charge is 0.780 e. The van der Waals surface area contributed by atoms with Gasteiger partial charge in [0.05, 0.1) is 0 Å². The van der Waals surface area contributed by atoms with Gasteiger partial charge in [0.15, 0.2) is 0 Å². The van der Waals surface area contributed by atoms with Crippen LogP contribution in [-0.4, -0.2) is 0 Å². The minimum atomic E-state index is -1.03. The topological polar surface area (TPSA) is 18.5 Å². The number of hydrogen-bond donors (Lipinski definition) is 0. The first-order valence-corrected chi connectivity index (χ1v) is 16.5. The van der Waals surface area contributed by atoms with Gasteiger partial charge < -0.3 is 21.7 Å². The quantitative estimate of drug-likeness (QED) is 0.0710. The molecule has 0 aliphatic rings. The third-order valence-corrected chi connectivity index (χ3v) is 10.2. The number of aryl methyl sites for hydroxylation is 1. The van der Waals surface area contributed by atoms with Crippen molar-refractivity contribution in [2.45, 2.75) is 11.8 Å². The van der Waals surface area contributed by atoms with Gasteiger partial charge in [0.1, 0.15) is 16.3 Å². The SMILES string of the molecule is Cc1ccc([S-])cc1.[Ni+2].[c-]1c(OP(c2ccccc2)c2ccccc2)cccc1OP(c1ccccc1)c1ccccc1. The van der Waals surface area contributed by atoms with Gasteiger partial charge in [-0.3, -0.25) is 0 Å². The molecule has 216 valence electrons. The Labute approximate surface area is 273 Å². The number of rotatable bonds is 8. The summed E-state index contributed by atoms with van der Waals surface area (Å²) in [7, 11) is -2.06. The second-order valence-corrected chi connectivity index (χ2v) is 13.4. The summed E-state index contributed by atoms with van der Waals surface area (Å²) < 4.78 is 13.1. The monoisotopic (exact) mass is 658 g/mol. The molecule has 0 aliphatic carbocycles. The first kappa shape index (κ1) is 32.4. The molecule has 0 aliphatic heterocycles.